The Morgan fingerprint density at radius 3 is 2.62 bits per heavy atom. The predicted molar refractivity (Wildman–Crippen MR) is 64.9 cm³/mol. The Balaban J connectivity index is 1.71. The molecule has 1 aliphatic heterocycles. The number of rotatable bonds is 4. The van der Waals surface area contributed by atoms with Gasteiger partial charge in [-0.05, 0) is 43.5 Å². The molecule has 1 heterocycles. The van der Waals surface area contributed by atoms with E-state index in [-0.39, 0.29) is 5.82 Å². The highest BCUT2D eigenvalue weighted by molar-refractivity contribution is 5.16. The van der Waals surface area contributed by atoms with Gasteiger partial charge < -0.3 is 0 Å². The number of halogens is 1. The summed E-state index contributed by atoms with van der Waals surface area (Å²) in [6.07, 6.45) is 7.86. The van der Waals surface area contributed by atoms with E-state index in [2.05, 4.69) is 17.1 Å². The lowest BCUT2D eigenvalue weighted by Gasteiger charge is -2.22. The number of hydrogen-bond acceptors (Lipinski definition) is 1. The zero-order valence-electron chi connectivity index (χ0n) is 9.53. The summed E-state index contributed by atoms with van der Waals surface area (Å²) in [7, 11) is 0. The van der Waals surface area contributed by atoms with Gasteiger partial charge in [-0.15, -0.1) is 0 Å². The van der Waals surface area contributed by atoms with Crippen LogP contribution in [0.15, 0.2) is 36.4 Å². The standard InChI is InChI=1S/C14H18FN/c15-14-8-6-13(7-9-14)5-4-12-16-10-2-1-3-11-16/h1-2,6-9H,3-5,10-12H2. The lowest BCUT2D eigenvalue weighted by molar-refractivity contribution is 0.295. The molecule has 0 atom stereocenters. The third-order valence-electron chi connectivity index (χ3n) is 3.00. The second-order valence-corrected chi connectivity index (χ2v) is 4.29. The molecule has 0 bridgehead atoms. The Bertz CT molecular complexity index is 342. The third kappa shape index (κ3) is 3.46. The van der Waals surface area contributed by atoms with Crippen LogP contribution in [0, 0.1) is 5.82 Å². The summed E-state index contributed by atoms with van der Waals surface area (Å²) in [5.41, 5.74) is 1.23. The van der Waals surface area contributed by atoms with Crippen LogP contribution in [0.2, 0.25) is 0 Å². The fraction of sp³-hybridized carbons (Fsp3) is 0.429. The highest BCUT2D eigenvalue weighted by Crippen LogP contribution is 2.07. The van der Waals surface area contributed by atoms with Crippen molar-refractivity contribution < 1.29 is 4.39 Å². The fourth-order valence-electron chi connectivity index (χ4n) is 2.05. The molecule has 2 heteroatoms. The van der Waals surface area contributed by atoms with Crippen LogP contribution in [0.5, 0.6) is 0 Å². The minimum absolute atomic E-state index is 0.148. The van der Waals surface area contributed by atoms with Crippen molar-refractivity contribution in [2.45, 2.75) is 19.3 Å². The van der Waals surface area contributed by atoms with E-state index in [9.17, 15) is 4.39 Å². The van der Waals surface area contributed by atoms with E-state index >= 15 is 0 Å². The first kappa shape index (κ1) is 11.3. The van der Waals surface area contributed by atoms with E-state index in [0.717, 1.165) is 25.9 Å². The molecule has 86 valence electrons. The van der Waals surface area contributed by atoms with E-state index in [1.165, 1.54) is 18.5 Å². The molecule has 2 rings (SSSR count). The lowest BCUT2D eigenvalue weighted by atomic mass is 10.1. The minimum Gasteiger partial charge on any atom is -0.299 e. The lowest BCUT2D eigenvalue weighted by Crippen LogP contribution is -2.28. The van der Waals surface area contributed by atoms with Gasteiger partial charge in [-0.1, -0.05) is 24.3 Å². The summed E-state index contributed by atoms with van der Waals surface area (Å²) in [5, 5.41) is 0. The molecule has 0 N–H and O–H groups in total. The molecule has 1 aromatic rings. The maximum atomic E-state index is 12.7. The van der Waals surface area contributed by atoms with Crippen molar-refractivity contribution >= 4 is 0 Å². The van der Waals surface area contributed by atoms with Crippen molar-refractivity contribution in [3.05, 3.63) is 47.8 Å². The SMILES string of the molecule is Fc1ccc(CCCN2CC=CCC2)cc1. The molecule has 0 amide bonds. The van der Waals surface area contributed by atoms with Crippen molar-refractivity contribution in [2.24, 2.45) is 0 Å². The molecule has 0 unspecified atom stereocenters. The monoisotopic (exact) mass is 219 g/mol. The average Bonchev–Trinajstić information content (AvgIpc) is 2.33. The van der Waals surface area contributed by atoms with Crippen molar-refractivity contribution in [3.63, 3.8) is 0 Å². The molecule has 0 saturated carbocycles. The molecule has 0 fully saturated rings. The van der Waals surface area contributed by atoms with Gasteiger partial charge in [0.1, 0.15) is 5.82 Å². The van der Waals surface area contributed by atoms with Crippen LogP contribution in [-0.4, -0.2) is 24.5 Å². The van der Waals surface area contributed by atoms with Crippen molar-refractivity contribution in [1.82, 2.24) is 4.90 Å². The molecule has 1 aliphatic rings. The third-order valence-corrected chi connectivity index (χ3v) is 3.00. The summed E-state index contributed by atoms with van der Waals surface area (Å²) in [6.45, 7) is 3.41. The van der Waals surface area contributed by atoms with E-state index < -0.39 is 0 Å². The quantitative estimate of drug-likeness (QED) is 0.704. The van der Waals surface area contributed by atoms with Gasteiger partial charge in [-0.2, -0.15) is 0 Å². The summed E-state index contributed by atoms with van der Waals surface area (Å²) < 4.78 is 12.7. The van der Waals surface area contributed by atoms with Crippen molar-refractivity contribution in [1.29, 1.82) is 0 Å². The number of hydrogen-bond donors (Lipinski definition) is 0. The summed E-state index contributed by atoms with van der Waals surface area (Å²) in [6, 6.07) is 6.84. The highest BCUT2D eigenvalue weighted by atomic mass is 19.1. The van der Waals surface area contributed by atoms with Crippen LogP contribution in [0.3, 0.4) is 0 Å². The smallest absolute Gasteiger partial charge is 0.123 e. The van der Waals surface area contributed by atoms with Crippen LogP contribution < -0.4 is 0 Å². The Morgan fingerprint density at radius 1 is 1.12 bits per heavy atom. The molecule has 1 aromatic carbocycles. The topological polar surface area (TPSA) is 3.24 Å². The molecule has 1 nitrogen and oxygen atoms in total. The first-order valence-corrected chi connectivity index (χ1v) is 5.96. The number of nitrogens with zero attached hydrogens (tertiary/aromatic N) is 1. The van der Waals surface area contributed by atoms with Gasteiger partial charge >= 0.3 is 0 Å². The van der Waals surface area contributed by atoms with Crippen LogP contribution in [0.1, 0.15) is 18.4 Å². The number of aryl methyl sites for hydroxylation is 1. The molecule has 0 aromatic heterocycles. The molecule has 0 aliphatic carbocycles. The average molecular weight is 219 g/mol. The first-order valence-electron chi connectivity index (χ1n) is 5.96. The molecule has 0 radical (unpaired) electrons. The van der Waals surface area contributed by atoms with Gasteiger partial charge in [0.2, 0.25) is 0 Å². The van der Waals surface area contributed by atoms with Crippen LogP contribution in [-0.2, 0) is 6.42 Å². The van der Waals surface area contributed by atoms with Crippen LogP contribution >= 0.6 is 0 Å². The zero-order valence-corrected chi connectivity index (χ0v) is 9.53. The van der Waals surface area contributed by atoms with Gasteiger partial charge in [0.15, 0.2) is 0 Å². The molecule has 0 spiro atoms. The summed E-state index contributed by atoms with van der Waals surface area (Å²) in [4.78, 5) is 2.46. The molecule has 16 heavy (non-hydrogen) atoms. The largest absolute Gasteiger partial charge is 0.299 e. The Labute approximate surface area is 96.6 Å². The van der Waals surface area contributed by atoms with Gasteiger partial charge in [-0.3, -0.25) is 4.90 Å². The number of benzene rings is 1. The van der Waals surface area contributed by atoms with E-state index in [0.29, 0.717) is 0 Å². The van der Waals surface area contributed by atoms with Crippen LogP contribution in [0.4, 0.5) is 4.39 Å². The second-order valence-electron chi connectivity index (χ2n) is 4.29. The highest BCUT2D eigenvalue weighted by Gasteiger charge is 2.05. The van der Waals surface area contributed by atoms with E-state index in [1.807, 2.05) is 12.1 Å². The van der Waals surface area contributed by atoms with Crippen molar-refractivity contribution in [2.75, 3.05) is 19.6 Å². The van der Waals surface area contributed by atoms with E-state index in [1.54, 1.807) is 12.1 Å². The van der Waals surface area contributed by atoms with E-state index in [4.69, 9.17) is 0 Å². The Kier molecular flexibility index (Phi) is 4.11. The van der Waals surface area contributed by atoms with Gasteiger partial charge in [0, 0.05) is 13.1 Å². The second kappa shape index (κ2) is 5.80. The fourth-order valence-corrected chi connectivity index (χ4v) is 2.05. The summed E-state index contributed by atoms with van der Waals surface area (Å²) in [5.74, 6) is -0.148. The molecular weight excluding hydrogens is 201 g/mol. The molecular formula is C14H18FN. The van der Waals surface area contributed by atoms with Gasteiger partial charge in [0.25, 0.3) is 0 Å². The predicted octanol–water partition coefficient (Wildman–Crippen LogP) is 3.02. The maximum Gasteiger partial charge on any atom is 0.123 e. The maximum absolute atomic E-state index is 12.7. The Morgan fingerprint density at radius 2 is 1.94 bits per heavy atom. The Hall–Kier alpha value is -1.15. The first-order chi connectivity index (χ1) is 7.84. The molecule has 0 saturated heterocycles. The van der Waals surface area contributed by atoms with Crippen molar-refractivity contribution in [3.8, 4) is 0 Å². The van der Waals surface area contributed by atoms with Crippen LogP contribution in [0.25, 0.3) is 0 Å². The minimum atomic E-state index is -0.148. The zero-order chi connectivity index (χ0) is 11.2. The van der Waals surface area contributed by atoms with Gasteiger partial charge in [0.05, 0.1) is 0 Å². The van der Waals surface area contributed by atoms with Gasteiger partial charge in [-0.25, -0.2) is 4.39 Å². The normalized spacial score (nSPS) is 16.6. The summed E-state index contributed by atoms with van der Waals surface area (Å²) >= 11 is 0.